The molecule has 0 spiro atoms. The van der Waals surface area contributed by atoms with Crippen LogP contribution in [0.3, 0.4) is 0 Å². The van der Waals surface area contributed by atoms with Gasteiger partial charge in [-0.1, -0.05) is 0 Å². The van der Waals surface area contributed by atoms with Crippen molar-refractivity contribution in [1.82, 2.24) is 10.6 Å². The van der Waals surface area contributed by atoms with Gasteiger partial charge in [0.2, 0.25) is 11.8 Å². The summed E-state index contributed by atoms with van der Waals surface area (Å²) in [6.45, 7) is -0.341. The van der Waals surface area contributed by atoms with Gasteiger partial charge in [0, 0.05) is 19.5 Å². The molecule has 0 aliphatic rings. The van der Waals surface area contributed by atoms with Crippen LogP contribution in [0.4, 0.5) is 0 Å². The first-order valence-corrected chi connectivity index (χ1v) is 5.63. The highest BCUT2D eigenvalue weighted by atomic mass is 16.3. The van der Waals surface area contributed by atoms with Gasteiger partial charge in [-0.05, 0) is 0 Å². The van der Waals surface area contributed by atoms with E-state index in [1.165, 1.54) is 0 Å². The van der Waals surface area contributed by atoms with Crippen LogP contribution in [0.15, 0.2) is 0 Å². The normalized spacial score (nSPS) is 13.8. The molecule has 0 rings (SSSR count). The Morgan fingerprint density at radius 1 is 1.00 bits per heavy atom. The number of hydrogen-bond acceptors (Lipinski definition) is 6. The summed E-state index contributed by atoms with van der Waals surface area (Å²) < 4.78 is 0. The molecule has 8 heteroatoms. The van der Waals surface area contributed by atoms with Gasteiger partial charge in [0.1, 0.15) is 6.10 Å². The van der Waals surface area contributed by atoms with Crippen molar-refractivity contribution in [2.75, 3.05) is 26.3 Å². The molecule has 8 nitrogen and oxygen atoms in total. The predicted molar refractivity (Wildman–Crippen MR) is 61.4 cm³/mol. The van der Waals surface area contributed by atoms with Crippen molar-refractivity contribution >= 4 is 11.8 Å². The van der Waals surface area contributed by atoms with E-state index >= 15 is 0 Å². The van der Waals surface area contributed by atoms with Crippen LogP contribution in [0.1, 0.15) is 12.8 Å². The minimum atomic E-state index is -1.43. The Labute approximate surface area is 105 Å². The monoisotopic (exact) mass is 264 g/mol. The molecule has 0 aromatic rings. The molecule has 0 aliphatic carbocycles. The summed E-state index contributed by atoms with van der Waals surface area (Å²) in [5.74, 6) is -1.18. The third kappa shape index (κ3) is 7.96. The van der Waals surface area contributed by atoms with Crippen LogP contribution in [-0.4, -0.2) is 70.8 Å². The molecule has 0 fully saturated rings. The van der Waals surface area contributed by atoms with E-state index in [0.29, 0.717) is 0 Å². The van der Waals surface area contributed by atoms with Crippen molar-refractivity contribution < 1.29 is 30.0 Å². The summed E-state index contributed by atoms with van der Waals surface area (Å²) in [6, 6.07) is 0. The molecule has 0 aromatic carbocycles. The first-order valence-electron chi connectivity index (χ1n) is 5.63. The van der Waals surface area contributed by atoms with E-state index < -0.39 is 24.0 Å². The number of hydrogen-bond donors (Lipinski definition) is 6. The number of amides is 2. The summed E-state index contributed by atoms with van der Waals surface area (Å²) in [6.07, 6.45) is -3.12. The van der Waals surface area contributed by atoms with Crippen LogP contribution in [0.5, 0.6) is 0 Å². The molecular weight excluding hydrogens is 244 g/mol. The second-order valence-corrected chi connectivity index (χ2v) is 3.70. The predicted octanol–water partition coefficient (Wildman–Crippen LogP) is -3.29. The van der Waals surface area contributed by atoms with Crippen molar-refractivity contribution in [3.05, 3.63) is 0 Å². The van der Waals surface area contributed by atoms with Crippen molar-refractivity contribution in [2.45, 2.75) is 25.0 Å². The Balaban J connectivity index is 3.88. The van der Waals surface area contributed by atoms with E-state index in [1.54, 1.807) is 0 Å². The van der Waals surface area contributed by atoms with Crippen LogP contribution in [0.2, 0.25) is 0 Å². The van der Waals surface area contributed by atoms with Gasteiger partial charge in [-0.2, -0.15) is 0 Å². The molecule has 0 aromatic heterocycles. The Hall–Kier alpha value is -1.22. The highest BCUT2D eigenvalue weighted by Crippen LogP contribution is 2.03. The summed E-state index contributed by atoms with van der Waals surface area (Å²) >= 11 is 0. The first-order chi connectivity index (χ1) is 8.51. The topological polar surface area (TPSA) is 139 Å². The van der Waals surface area contributed by atoms with Crippen LogP contribution in [0.25, 0.3) is 0 Å². The summed E-state index contributed by atoms with van der Waals surface area (Å²) in [5.41, 5.74) is 0. The summed E-state index contributed by atoms with van der Waals surface area (Å²) in [5, 5.41) is 40.3. The van der Waals surface area contributed by atoms with Gasteiger partial charge in [-0.15, -0.1) is 0 Å². The highest BCUT2D eigenvalue weighted by molar-refractivity contribution is 5.80. The number of aliphatic hydroxyl groups is 4. The standard InChI is InChI=1S/C10H20N2O6/c13-3-1-11-9(17)6-7(15)5-8(16)10(18)12-2-4-14/h7-8,13-16H,1-6H2,(H,11,17)(H,12,18). The molecular formula is C10H20N2O6. The Morgan fingerprint density at radius 3 is 2.11 bits per heavy atom. The third-order valence-corrected chi connectivity index (χ3v) is 2.06. The maximum Gasteiger partial charge on any atom is 0.249 e. The lowest BCUT2D eigenvalue weighted by molar-refractivity contribution is -0.132. The zero-order valence-electron chi connectivity index (χ0n) is 10.0. The quantitative estimate of drug-likeness (QED) is 0.258. The molecule has 18 heavy (non-hydrogen) atoms. The lowest BCUT2D eigenvalue weighted by Gasteiger charge is -2.15. The van der Waals surface area contributed by atoms with Gasteiger partial charge in [0.05, 0.1) is 25.7 Å². The molecule has 0 radical (unpaired) electrons. The SMILES string of the molecule is O=C(CC(O)CC(O)C(=O)NCCO)NCCO. The van der Waals surface area contributed by atoms with Gasteiger partial charge < -0.3 is 31.1 Å². The zero-order chi connectivity index (χ0) is 14.0. The van der Waals surface area contributed by atoms with Gasteiger partial charge in [-0.25, -0.2) is 0 Å². The van der Waals surface area contributed by atoms with Gasteiger partial charge in [-0.3, -0.25) is 9.59 Å². The number of carbonyl (C=O) groups is 2. The van der Waals surface area contributed by atoms with Crippen LogP contribution < -0.4 is 10.6 Å². The van der Waals surface area contributed by atoms with Gasteiger partial charge in [0.25, 0.3) is 0 Å². The first kappa shape index (κ1) is 16.8. The zero-order valence-corrected chi connectivity index (χ0v) is 10.0. The van der Waals surface area contributed by atoms with Crippen molar-refractivity contribution in [3.63, 3.8) is 0 Å². The second-order valence-electron chi connectivity index (χ2n) is 3.70. The van der Waals surface area contributed by atoms with Crippen LogP contribution >= 0.6 is 0 Å². The average Bonchev–Trinajstić information content (AvgIpc) is 2.32. The molecule has 2 unspecified atom stereocenters. The summed E-state index contributed by atoms with van der Waals surface area (Å²) in [7, 11) is 0. The van der Waals surface area contributed by atoms with E-state index in [4.69, 9.17) is 10.2 Å². The van der Waals surface area contributed by atoms with E-state index in [-0.39, 0.29) is 39.1 Å². The number of nitrogens with one attached hydrogen (secondary N) is 2. The molecule has 2 atom stereocenters. The number of rotatable bonds is 9. The molecule has 0 saturated carbocycles. The minimum Gasteiger partial charge on any atom is -0.395 e. The fourth-order valence-corrected chi connectivity index (χ4v) is 1.23. The maximum absolute atomic E-state index is 11.2. The van der Waals surface area contributed by atoms with E-state index in [1.807, 2.05) is 0 Å². The van der Waals surface area contributed by atoms with Crippen LogP contribution in [-0.2, 0) is 9.59 Å². The van der Waals surface area contributed by atoms with Gasteiger partial charge >= 0.3 is 0 Å². The molecule has 0 aliphatic heterocycles. The van der Waals surface area contributed by atoms with Crippen molar-refractivity contribution in [3.8, 4) is 0 Å². The lowest BCUT2D eigenvalue weighted by Crippen LogP contribution is -2.39. The van der Waals surface area contributed by atoms with E-state index in [9.17, 15) is 19.8 Å². The lowest BCUT2D eigenvalue weighted by atomic mass is 10.1. The smallest absolute Gasteiger partial charge is 0.249 e. The maximum atomic E-state index is 11.2. The fraction of sp³-hybridized carbons (Fsp3) is 0.800. The largest absolute Gasteiger partial charge is 0.395 e. The highest BCUT2D eigenvalue weighted by Gasteiger charge is 2.20. The Kier molecular flexibility index (Phi) is 9.11. The Bertz CT molecular complexity index is 261. The van der Waals surface area contributed by atoms with Crippen molar-refractivity contribution in [2.24, 2.45) is 0 Å². The fourth-order valence-electron chi connectivity index (χ4n) is 1.23. The van der Waals surface area contributed by atoms with E-state index in [0.717, 1.165) is 0 Å². The molecule has 106 valence electrons. The second kappa shape index (κ2) is 9.77. The molecule has 0 bridgehead atoms. The number of aliphatic hydroxyl groups excluding tert-OH is 4. The summed E-state index contributed by atoms with van der Waals surface area (Å²) in [4.78, 5) is 22.3. The third-order valence-electron chi connectivity index (χ3n) is 2.06. The molecule has 6 N–H and O–H groups in total. The average molecular weight is 264 g/mol. The van der Waals surface area contributed by atoms with Gasteiger partial charge in [0.15, 0.2) is 0 Å². The minimum absolute atomic E-state index is 0.0168. The van der Waals surface area contributed by atoms with Crippen molar-refractivity contribution in [1.29, 1.82) is 0 Å². The molecule has 2 amide bonds. The van der Waals surface area contributed by atoms with Crippen LogP contribution in [0, 0.1) is 0 Å². The molecule has 0 saturated heterocycles. The number of carbonyl (C=O) groups excluding carboxylic acids is 2. The molecule has 0 heterocycles. The van der Waals surface area contributed by atoms with E-state index in [2.05, 4.69) is 10.6 Å². The Morgan fingerprint density at radius 2 is 1.56 bits per heavy atom.